The lowest BCUT2D eigenvalue weighted by atomic mass is 10.1. The van der Waals surface area contributed by atoms with E-state index in [0.29, 0.717) is 23.3 Å². The zero-order chi connectivity index (χ0) is 20.4. The summed E-state index contributed by atoms with van der Waals surface area (Å²) >= 11 is 0. The Hall–Kier alpha value is -3.73. The minimum atomic E-state index is -0.505. The van der Waals surface area contributed by atoms with Gasteiger partial charge in [-0.2, -0.15) is 0 Å². The molecule has 0 aliphatic rings. The summed E-state index contributed by atoms with van der Waals surface area (Å²) in [5.41, 5.74) is 4.47. The number of fused-ring (bicyclic) bond motifs is 1. The summed E-state index contributed by atoms with van der Waals surface area (Å²) in [7, 11) is 0. The smallest absolute Gasteiger partial charge is 0.283 e. The second-order valence-corrected chi connectivity index (χ2v) is 7.10. The van der Waals surface area contributed by atoms with Gasteiger partial charge in [0.15, 0.2) is 5.69 Å². The van der Waals surface area contributed by atoms with E-state index in [2.05, 4.69) is 10.3 Å². The average molecular weight is 383 g/mol. The number of benzene rings is 3. The first-order valence-electron chi connectivity index (χ1n) is 9.45. The molecule has 5 heteroatoms. The number of aryl methyl sites for hydroxylation is 2. The average Bonchev–Trinajstić information content (AvgIpc) is 2.72. The van der Waals surface area contributed by atoms with Crippen LogP contribution in [0.3, 0.4) is 0 Å². The minimum absolute atomic E-state index is 0.111. The predicted octanol–water partition coefficient (Wildman–Crippen LogP) is 4.31. The maximum atomic E-state index is 13.2. The molecular weight excluding hydrogens is 362 g/mol. The highest BCUT2D eigenvalue weighted by Crippen LogP contribution is 2.17. The summed E-state index contributed by atoms with van der Waals surface area (Å²) in [5.74, 6) is -0.505. The zero-order valence-electron chi connectivity index (χ0n) is 16.3. The van der Waals surface area contributed by atoms with Crippen LogP contribution in [0.15, 0.2) is 77.6 Å². The van der Waals surface area contributed by atoms with E-state index in [1.165, 1.54) is 0 Å². The zero-order valence-corrected chi connectivity index (χ0v) is 16.3. The molecule has 1 aromatic heterocycles. The molecule has 0 atom stereocenters. The van der Waals surface area contributed by atoms with E-state index in [9.17, 15) is 9.59 Å². The number of hydrogen-bond acceptors (Lipinski definition) is 3. The van der Waals surface area contributed by atoms with Crippen molar-refractivity contribution in [1.29, 1.82) is 0 Å². The highest BCUT2D eigenvalue weighted by Gasteiger charge is 2.18. The lowest BCUT2D eigenvalue weighted by Crippen LogP contribution is -2.31. The van der Waals surface area contributed by atoms with E-state index in [1.807, 2.05) is 86.6 Å². The summed E-state index contributed by atoms with van der Waals surface area (Å²) in [5, 5.41) is 2.84. The molecular formula is C24H21N3O2. The fourth-order valence-corrected chi connectivity index (χ4v) is 3.40. The molecule has 0 spiro atoms. The largest absolute Gasteiger partial charge is 0.320 e. The Morgan fingerprint density at radius 2 is 1.69 bits per heavy atom. The van der Waals surface area contributed by atoms with E-state index in [4.69, 9.17) is 0 Å². The van der Waals surface area contributed by atoms with Gasteiger partial charge in [-0.3, -0.25) is 9.59 Å². The fraction of sp³-hybridized carbons (Fsp3) is 0.125. The topological polar surface area (TPSA) is 64.0 Å². The standard InChI is InChI=1S/C24H21N3O2/c1-16-12-13-19(17(2)14-16)26-23(28)22-24(29)27(15-18-8-4-3-5-9-18)21-11-7-6-10-20(21)25-22/h3-14H,15H2,1-2H3,(H,26,28). The molecule has 3 aromatic carbocycles. The van der Waals surface area contributed by atoms with Gasteiger partial charge in [-0.15, -0.1) is 0 Å². The number of aromatic nitrogens is 2. The van der Waals surface area contributed by atoms with Gasteiger partial charge < -0.3 is 9.88 Å². The van der Waals surface area contributed by atoms with Crippen molar-refractivity contribution in [2.24, 2.45) is 0 Å². The molecule has 29 heavy (non-hydrogen) atoms. The van der Waals surface area contributed by atoms with Gasteiger partial charge in [0.1, 0.15) is 0 Å². The van der Waals surface area contributed by atoms with E-state index in [-0.39, 0.29) is 5.69 Å². The van der Waals surface area contributed by atoms with Crippen molar-refractivity contribution in [2.75, 3.05) is 5.32 Å². The monoisotopic (exact) mass is 383 g/mol. The molecule has 4 aromatic rings. The van der Waals surface area contributed by atoms with Crippen molar-refractivity contribution in [3.8, 4) is 0 Å². The predicted molar refractivity (Wildman–Crippen MR) is 115 cm³/mol. The number of amides is 1. The van der Waals surface area contributed by atoms with Crippen LogP contribution >= 0.6 is 0 Å². The molecule has 0 bridgehead atoms. The van der Waals surface area contributed by atoms with E-state index >= 15 is 0 Å². The van der Waals surface area contributed by atoms with Crippen molar-refractivity contribution in [1.82, 2.24) is 9.55 Å². The number of carbonyl (C=O) groups excluding carboxylic acids is 1. The molecule has 5 nitrogen and oxygen atoms in total. The van der Waals surface area contributed by atoms with E-state index in [1.54, 1.807) is 4.57 Å². The van der Waals surface area contributed by atoms with Gasteiger partial charge in [-0.05, 0) is 43.2 Å². The summed E-state index contributed by atoms with van der Waals surface area (Å²) in [6, 6.07) is 22.8. The summed E-state index contributed by atoms with van der Waals surface area (Å²) in [4.78, 5) is 30.5. The summed E-state index contributed by atoms with van der Waals surface area (Å²) in [6.45, 7) is 4.28. The Balaban J connectivity index is 1.79. The van der Waals surface area contributed by atoms with Gasteiger partial charge in [0.25, 0.3) is 11.5 Å². The minimum Gasteiger partial charge on any atom is -0.320 e. The van der Waals surface area contributed by atoms with Crippen LogP contribution in [-0.2, 0) is 6.54 Å². The van der Waals surface area contributed by atoms with Crippen LogP contribution in [0.1, 0.15) is 27.2 Å². The molecule has 0 saturated carbocycles. The van der Waals surface area contributed by atoms with Crippen molar-refractivity contribution in [2.45, 2.75) is 20.4 Å². The lowest BCUT2D eigenvalue weighted by molar-refractivity contribution is 0.102. The molecule has 4 rings (SSSR count). The molecule has 1 N–H and O–H groups in total. The van der Waals surface area contributed by atoms with Crippen LogP contribution < -0.4 is 10.9 Å². The first-order valence-corrected chi connectivity index (χ1v) is 9.45. The molecule has 0 aliphatic carbocycles. The summed E-state index contributed by atoms with van der Waals surface area (Å²) < 4.78 is 1.61. The number of nitrogens with zero attached hydrogens (tertiary/aromatic N) is 2. The molecule has 0 saturated heterocycles. The Morgan fingerprint density at radius 1 is 0.966 bits per heavy atom. The Bertz CT molecular complexity index is 1260. The van der Waals surface area contributed by atoms with Crippen molar-refractivity contribution in [3.05, 3.63) is 106 Å². The van der Waals surface area contributed by atoms with Crippen molar-refractivity contribution < 1.29 is 4.79 Å². The number of rotatable bonds is 4. The highest BCUT2D eigenvalue weighted by atomic mass is 16.2. The van der Waals surface area contributed by atoms with E-state index in [0.717, 1.165) is 16.7 Å². The maximum absolute atomic E-state index is 13.2. The summed E-state index contributed by atoms with van der Waals surface area (Å²) in [6.07, 6.45) is 0. The van der Waals surface area contributed by atoms with Crippen LogP contribution in [0.25, 0.3) is 11.0 Å². The van der Waals surface area contributed by atoms with Crippen molar-refractivity contribution in [3.63, 3.8) is 0 Å². The second-order valence-electron chi connectivity index (χ2n) is 7.10. The molecule has 0 radical (unpaired) electrons. The van der Waals surface area contributed by atoms with Gasteiger partial charge in [0.05, 0.1) is 17.6 Å². The van der Waals surface area contributed by atoms with Crippen LogP contribution in [-0.4, -0.2) is 15.5 Å². The quantitative estimate of drug-likeness (QED) is 0.571. The molecule has 0 aliphatic heterocycles. The number of carbonyl (C=O) groups is 1. The van der Waals surface area contributed by atoms with Gasteiger partial charge in [0.2, 0.25) is 0 Å². The third-order valence-electron chi connectivity index (χ3n) is 4.88. The van der Waals surface area contributed by atoms with Gasteiger partial charge >= 0.3 is 0 Å². The van der Waals surface area contributed by atoms with Crippen LogP contribution in [0.4, 0.5) is 5.69 Å². The number of anilines is 1. The Labute approximate surface area is 168 Å². The third kappa shape index (κ3) is 3.80. The first-order chi connectivity index (χ1) is 14.0. The molecule has 0 unspecified atom stereocenters. The lowest BCUT2D eigenvalue weighted by Gasteiger charge is -2.13. The van der Waals surface area contributed by atoms with Gasteiger partial charge in [-0.1, -0.05) is 60.2 Å². The molecule has 144 valence electrons. The van der Waals surface area contributed by atoms with Crippen LogP contribution in [0.2, 0.25) is 0 Å². The molecule has 1 heterocycles. The Kier molecular flexibility index (Phi) is 4.96. The van der Waals surface area contributed by atoms with Gasteiger partial charge in [-0.25, -0.2) is 4.98 Å². The fourth-order valence-electron chi connectivity index (χ4n) is 3.40. The second kappa shape index (κ2) is 7.72. The number of hydrogen-bond donors (Lipinski definition) is 1. The highest BCUT2D eigenvalue weighted by molar-refractivity contribution is 6.04. The molecule has 0 fully saturated rings. The van der Waals surface area contributed by atoms with Gasteiger partial charge in [0, 0.05) is 5.69 Å². The molecule has 1 amide bonds. The van der Waals surface area contributed by atoms with Crippen LogP contribution in [0, 0.1) is 13.8 Å². The SMILES string of the molecule is Cc1ccc(NC(=O)c2nc3ccccc3n(Cc3ccccc3)c2=O)c(C)c1. The number of nitrogens with one attached hydrogen (secondary N) is 1. The van der Waals surface area contributed by atoms with Crippen LogP contribution in [0.5, 0.6) is 0 Å². The third-order valence-corrected chi connectivity index (χ3v) is 4.88. The normalized spacial score (nSPS) is 10.8. The van der Waals surface area contributed by atoms with E-state index < -0.39 is 11.5 Å². The first kappa shape index (κ1) is 18.6. The maximum Gasteiger partial charge on any atom is 0.283 e. The number of para-hydroxylation sites is 2. The van der Waals surface area contributed by atoms with Crippen molar-refractivity contribution >= 4 is 22.6 Å². The Morgan fingerprint density at radius 3 is 2.45 bits per heavy atom.